The number of carbonyl (C=O) groups excluding carboxylic acids is 1. The lowest BCUT2D eigenvalue weighted by Crippen LogP contribution is -2.45. The molecule has 5 heteroatoms. The van der Waals surface area contributed by atoms with Crippen LogP contribution >= 0.6 is 0 Å². The Balaban J connectivity index is 2.57. The van der Waals surface area contributed by atoms with Crippen molar-refractivity contribution >= 4 is 6.03 Å². The maximum absolute atomic E-state index is 12.5. The highest BCUT2D eigenvalue weighted by molar-refractivity contribution is 5.74. The third kappa shape index (κ3) is 7.01. The molecule has 1 rings (SSSR count). The number of urea groups is 1. The monoisotopic (exact) mass is 330 g/mol. The van der Waals surface area contributed by atoms with Crippen LogP contribution in [0.1, 0.15) is 38.8 Å². The van der Waals surface area contributed by atoms with Gasteiger partial charge in [0, 0.05) is 26.2 Å². The van der Waals surface area contributed by atoms with Crippen LogP contribution in [0, 0.1) is 17.2 Å². The first-order valence-corrected chi connectivity index (χ1v) is 8.74. The van der Waals surface area contributed by atoms with E-state index in [1.807, 2.05) is 17.0 Å². The molecule has 1 aromatic carbocycles. The topological polar surface area (TPSA) is 59.4 Å². The summed E-state index contributed by atoms with van der Waals surface area (Å²) in [5.74, 6) is 0.433. The number of hydrogen-bond donors (Lipinski definition) is 1. The van der Waals surface area contributed by atoms with E-state index in [4.69, 9.17) is 5.26 Å². The van der Waals surface area contributed by atoms with E-state index in [9.17, 15) is 4.79 Å². The summed E-state index contributed by atoms with van der Waals surface area (Å²) >= 11 is 0. The summed E-state index contributed by atoms with van der Waals surface area (Å²) in [4.78, 5) is 16.7. The predicted molar refractivity (Wildman–Crippen MR) is 97.6 cm³/mol. The van der Waals surface area contributed by atoms with E-state index in [1.165, 1.54) is 0 Å². The van der Waals surface area contributed by atoms with Crippen LogP contribution in [-0.2, 0) is 6.54 Å². The molecule has 0 atom stereocenters. The van der Waals surface area contributed by atoms with Gasteiger partial charge in [0.25, 0.3) is 0 Å². The molecule has 0 aliphatic heterocycles. The molecule has 0 aliphatic rings. The summed E-state index contributed by atoms with van der Waals surface area (Å²) < 4.78 is 0. The van der Waals surface area contributed by atoms with E-state index in [0.29, 0.717) is 18.0 Å². The second-order valence-electron chi connectivity index (χ2n) is 6.33. The summed E-state index contributed by atoms with van der Waals surface area (Å²) in [7, 11) is 0. The van der Waals surface area contributed by atoms with Crippen LogP contribution < -0.4 is 5.32 Å². The van der Waals surface area contributed by atoms with Crippen molar-refractivity contribution in [2.75, 3.05) is 32.7 Å². The Hall–Kier alpha value is -2.06. The zero-order valence-corrected chi connectivity index (χ0v) is 15.4. The number of nitrogens with one attached hydrogen (secondary N) is 1. The van der Waals surface area contributed by atoms with Crippen LogP contribution in [0.5, 0.6) is 0 Å². The van der Waals surface area contributed by atoms with E-state index < -0.39 is 0 Å². The highest BCUT2D eigenvalue weighted by atomic mass is 16.2. The molecule has 0 heterocycles. The van der Waals surface area contributed by atoms with Gasteiger partial charge in [-0.1, -0.05) is 39.8 Å². The van der Waals surface area contributed by atoms with Crippen LogP contribution in [0.25, 0.3) is 0 Å². The molecule has 132 valence electrons. The Bertz CT molecular complexity index is 529. The van der Waals surface area contributed by atoms with Gasteiger partial charge < -0.3 is 15.1 Å². The molecular formula is C19H30N4O. The van der Waals surface area contributed by atoms with Crippen LogP contribution in [0.2, 0.25) is 0 Å². The number of nitriles is 1. The molecule has 1 N–H and O–H groups in total. The van der Waals surface area contributed by atoms with Gasteiger partial charge in [-0.05, 0) is 36.7 Å². The van der Waals surface area contributed by atoms with Gasteiger partial charge >= 0.3 is 6.03 Å². The van der Waals surface area contributed by atoms with Gasteiger partial charge in [-0.3, -0.25) is 0 Å². The molecule has 2 amide bonds. The van der Waals surface area contributed by atoms with Gasteiger partial charge in [0.2, 0.25) is 0 Å². The van der Waals surface area contributed by atoms with Gasteiger partial charge in [-0.25, -0.2) is 4.79 Å². The van der Waals surface area contributed by atoms with Crippen molar-refractivity contribution in [1.29, 1.82) is 5.26 Å². The normalized spacial score (nSPS) is 10.7. The summed E-state index contributed by atoms with van der Waals surface area (Å²) in [6, 6.07) is 9.37. The Morgan fingerprint density at radius 1 is 1.17 bits per heavy atom. The Kier molecular flexibility index (Phi) is 8.88. The molecule has 0 fully saturated rings. The lowest BCUT2D eigenvalue weighted by atomic mass is 10.1. The van der Waals surface area contributed by atoms with Crippen molar-refractivity contribution in [2.45, 2.75) is 34.2 Å². The van der Waals surface area contributed by atoms with Crippen molar-refractivity contribution in [3.63, 3.8) is 0 Å². The summed E-state index contributed by atoms with van der Waals surface area (Å²) in [5, 5.41) is 11.8. The minimum Gasteiger partial charge on any atom is -0.334 e. The fourth-order valence-corrected chi connectivity index (χ4v) is 2.51. The second-order valence-corrected chi connectivity index (χ2v) is 6.33. The number of hydrogen-bond acceptors (Lipinski definition) is 3. The third-order valence-electron chi connectivity index (χ3n) is 3.98. The SMILES string of the molecule is CCN(CC)CCN(CC(C)C)C(=O)NCc1ccc(C#N)cc1. The van der Waals surface area contributed by atoms with Crippen LogP contribution in [0.15, 0.2) is 24.3 Å². The van der Waals surface area contributed by atoms with Crippen LogP contribution in [-0.4, -0.2) is 48.6 Å². The number of amides is 2. The van der Waals surface area contributed by atoms with Crippen molar-refractivity contribution in [3.05, 3.63) is 35.4 Å². The zero-order valence-electron chi connectivity index (χ0n) is 15.4. The lowest BCUT2D eigenvalue weighted by molar-refractivity contribution is 0.177. The molecule has 0 radical (unpaired) electrons. The van der Waals surface area contributed by atoms with Crippen molar-refractivity contribution < 1.29 is 4.79 Å². The quantitative estimate of drug-likeness (QED) is 0.757. The van der Waals surface area contributed by atoms with E-state index in [2.05, 4.69) is 44.0 Å². The van der Waals surface area contributed by atoms with Crippen molar-refractivity contribution in [2.24, 2.45) is 5.92 Å². The molecule has 0 saturated carbocycles. The van der Waals surface area contributed by atoms with E-state index in [-0.39, 0.29) is 6.03 Å². The number of nitrogens with zero attached hydrogens (tertiary/aromatic N) is 3. The molecular weight excluding hydrogens is 300 g/mol. The Labute approximate surface area is 146 Å². The van der Waals surface area contributed by atoms with Crippen molar-refractivity contribution in [1.82, 2.24) is 15.1 Å². The summed E-state index contributed by atoms with van der Waals surface area (Å²) in [5.41, 5.74) is 1.63. The average Bonchev–Trinajstić information content (AvgIpc) is 2.59. The average molecular weight is 330 g/mol. The number of likely N-dealkylation sites (N-methyl/N-ethyl adjacent to an activating group) is 1. The first-order valence-electron chi connectivity index (χ1n) is 8.74. The number of rotatable bonds is 9. The minimum absolute atomic E-state index is 0.0276. The third-order valence-corrected chi connectivity index (χ3v) is 3.98. The van der Waals surface area contributed by atoms with E-state index in [0.717, 1.165) is 38.3 Å². The van der Waals surface area contributed by atoms with Gasteiger partial charge in [0.05, 0.1) is 11.6 Å². The fraction of sp³-hybridized carbons (Fsp3) is 0.579. The summed E-state index contributed by atoms with van der Waals surface area (Å²) in [6.07, 6.45) is 0. The van der Waals surface area contributed by atoms with E-state index >= 15 is 0 Å². The van der Waals surface area contributed by atoms with E-state index in [1.54, 1.807) is 12.1 Å². The Morgan fingerprint density at radius 2 is 1.79 bits per heavy atom. The molecule has 0 aromatic heterocycles. The predicted octanol–water partition coefficient (Wildman–Crippen LogP) is 3.07. The first-order chi connectivity index (χ1) is 11.5. The first kappa shape index (κ1) is 20.0. The highest BCUT2D eigenvalue weighted by Crippen LogP contribution is 2.05. The molecule has 0 saturated heterocycles. The second kappa shape index (κ2) is 10.7. The fourth-order valence-electron chi connectivity index (χ4n) is 2.51. The van der Waals surface area contributed by atoms with Crippen LogP contribution in [0.4, 0.5) is 4.79 Å². The molecule has 1 aromatic rings. The Morgan fingerprint density at radius 3 is 2.29 bits per heavy atom. The number of benzene rings is 1. The largest absolute Gasteiger partial charge is 0.334 e. The summed E-state index contributed by atoms with van der Waals surface area (Å²) in [6.45, 7) is 13.4. The zero-order chi connectivity index (χ0) is 17.9. The van der Waals surface area contributed by atoms with Gasteiger partial charge in [0.1, 0.15) is 0 Å². The van der Waals surface area contributed by atoms with Gasteiger partial charge in [0.15, 0.2) is 0 Å². The van der Waals surface area contributed by atoms with Crippen molar-refractivity contribution in [3.8, 4) is 6.07 Å². The maximum atomic E-state index is 12.5. The standard InChI is InChI=1S/C19H30N4O/c1-5-22(6-2)11-12-23(15-16(3)4)19(24)21-14-18-9-7-17(13-20)8-10-18/h7-10,16H,5-6,11-12,14-15H2,1-4H3,(H,21,24). The maximum Gasteiger partial charge on any atom is 0.317 e. The minimum atomic E-state index is -0.0276. The molecule has 0 unspecified atom stereocenters. The highest BCUT2D eigenvalue weighted by Gasteiger charge is 2.15. The van der Waals surface area contributed by atoms with Crippen LogP contribution in [0.3, 0.4) is 0 Å². The molecule has 5 nitrogen and oxygen atoms in total. The molecule has 0 bridgehead atoms. The smallest absolute Gasteiger partial charge is 0.317 e. The van der Waals surface area contributed by atoms with Gasteiger partial charge in [-0.15, -0.1) is 0 Å². The number of carbonyl (C=O) groups is 1. The molecule has 0 spiro atoms. The van der Waals surface area contributed by atoms with Gasteiger partial charge in [-0.2, -0.15) is 5.26 Å². The molecule has 24 heavy (non-hydrogen) atoms. The molecule has 0 aliphatic carbocycles. The lowest BCUT2D eigenvalue weighted by Gasteiger charge is -2.28.